The first kappa shape index (κ1) is 16.8. The third kappa shape index (κ3) is 3.58. The summed E-state index contributed by atoms with van der Waals surface area (Å²) in [5.74, 6) is 2.25. The number of para-hydroxylation sites is 1. The van der Waals surface area contributed by atoms with Crippen molar-refractivity contribution in [1.82, 2.24) is 4.98 Å². The minimum atomic E-state index is 0.695. The average Bonchev–Trinajstić information content (AvgIpc) is 2.66. The molecule has 1 heterocycles. The third-order valence-corrected chi connectivity index (χ3v) is 3.82. The number of aromatic nitrogens is 1. The summed E-state index contributed by atoms with van der Waals surface area (Å²) in [7, 11) is 1.64. The molecule has 0 bridgehead atoms. The van der Waals surface area contributed by atoms with E-state index in [1.54, 1.807) is 7.11 Å². The summed E-state index contributed by atoms with van der Waals surface area (Å²) >= 11 is 0. The average molecular weight is 335 g/mol. The van der Waals surface area contributed by atoms with Gasteiger partial charge >= 0.3 is 0 Å². The van der Waals surface area contributed by atoms with Gasteiger partial charge in [0.1, 0.15) is 22.8 Å². The van der Waals surface area contributed by atoms with Crippen molar-refractivity contribution in [1.29, 1.82) is 0 Å². The number of benzene rings is 2. The zero-order valence-electron chi connectivity index (χ0n) is 14.5. The largest absolute Gasteiger partial charge is 0.494 e. The van der Waals surface area contributed by atoms with Gasteiger partial charge in [0.05, 0.1) is 25.7 Å². The van der Waals surface area contributed by atoms with E-state index in [-0.39, 0.29) is 0 Å². The van der Waals surface area contributed by atoms with Crippen LogP contribution in [0.1, 0.15) is 13.3 Å². The summed E-state index contributed by atoms with van der Waals surface area (Å²) in [4.78, 5) is 4.77. The molecular formula is C21H21NO3. The second-order valence-electron chi connectivity index (χ2n) is 5.52. The van der Waals surface area contributed by atoms with Gasteiger partial charge in [-0.25, -0.2) is 4.98 Å². The summed E-state index contributed by atoms with van der Waals surface area (Å²) in [6.45, 7) is 6.45. The van der Waals surface area contributed by atoms with Crippen molar-refractivity contribution in [3.63, 3.8) is 0 Å². The van der Waals surface area contributed by atoms with Crippen LogP contribution >= 0.6 is 0 Å². The number of nitrogens with zero attached hydrogens (tertiary/aromatic N) is 1. The van der Waals surface area contributed by atoms with Gasteiger partial charge in [-0.05, 0) is 42.8 Å². The molecule has 0 aliphatic heterocycles. The third-order valence-electron chi connectivity index (χ3n) is 3.82. The van der Waals surface area contributed by atoms with Crippen molar-refractivity contribution in [3.8, 4) is 28.5 Å². The molecule has 0 radical (unpaired) electrons. The van der Waals surface area contributed by atoms with Gasteiger partial charge in [-0.1, -0.05) is 19.6 Å². The maximum absolute atomic E-state index is 5.64. The van der Waals surface area contributed by atoms with Crippen LogP contribution in [0.15, 0.2) is 61.4 Å². The molecule has 0 aliphatic carbocycles. The van der Waals surface area contributed by atoms with Gasteiger partial charge in [-0.15, -0.1) is 0 Å². The molecule has 25 heavy (non-hydrogen) atoms. The molecule has 4 heteroatoms. The van der Waals surface area contributed by atoms with E-state index in [2.05, 4.69) is 13.5 Å². The molecule has 0 N–H and O–H groups in total. The number of methoxy groups -OCH3 is 1. The van der Waals surface area contributed by atoms with Crippen molar-refractivity contribution in [2.75, 3.05) is 13.7 Å². The van der Waals surface area contributed by atoms with E-state index in [4.69, 9.17) is 19.2 Å². The Bertz CT molecular complexity index is 872. The second kappa shape index (κ2) is 7.71. The summed E-state index contributed by atoms with van der Waals surface area (Å²) in [5.41, 5.74) is 2.53. The van der Waals surface area contributed by atoms with Crippen LogP contribution < -0.4 is 14.2 Å². The SMILES string of the molecule is C=COc1cc(-c2ccc(OCCC)cc2)nc2c(OC)cccc12. The number of ether oxygens (including phenoxy) is 3. The smallest absolute Gasteiger partial charge is 0.145 e. The molecule has 0 aliphatic rings. The number of rotatable bonds is 7. The minimum absolute atomic E-state index is 0.695. The van der Waals surface area contributed by atoms with Crippen molar-refractivity contribution in [3.05, 3.63) is 61.4 Å². The van der Waals surface area contributed by atoms with Crippen LogP contribution in [0.3, 0.4) is 0 Å². The summed E-state index contributed by atoms with van der Waals surface area (Å²) in [6.07, 6.45) is 2.40. The van der Waals surface area contributed by atoms with Gasteiger partial charge in [0, 0.05) is 17.0 Å². The molecule has 3 aromatic rings. The molecule has 0 atom stereocenters. The van der Waals surface area contributed by atoms with Crippen molar-refractivity contribution < 1.29 is 14.2 Å². The molecule has 0 spiro atoms. The minimum Gasteiger partial charge on any atom is -0.494 e. The fraction of sp³-hybridized carbons (Fsp3) is 0.190. The zero-order chi connectivity index (χ0) is 17.6. The van der Waals surface area contributed by atoms with Gasteiger partial charge in [0.25, 0.3) is 0 Å². The fourth-order valence-electron chi connectivity index (χ4n) is 2.63. The van der Waals surface area contributed by atoms with Gasteiger partial charge in [0.2, 0.25) is 0 Å². The Morgan fingerprint density at radius 1 is 1.08 bits per heavy atom. The highest BCUT2D eigenvalue weighted by Crippen LogP contribution is 2.35. The first-order chi connectivity index (χ1) is 12.3. The molecule has 0 fully saturated rings. The summed E-state index contributed by atoms with van der Waals surface area (Å²) in [5, 5.41) is 0.880. The predicted octanol–water partition coefficient (Wildman–Crippen LogP) is 5.22. The van der Waals surface area contributed by atoms with E-state index in [1.807, 2.05) is 48.5 Å². The van der Waals surface area contributed by atoms with E-state index in [0.717, 1.165) is 34.3 Å². The van der Waals surface area contributed by atoms with Crippen LogP contribution in [0.2, 0.25) is 0 Å². The lowest BCUT2D eigenvalue weighted by molar-refractivity contribution is 0.317. The molecule has 0 amide bonds. The summed E-state index contributed by atoms with van der Waals surface area (Å²) < 4.78 is 16.7. The van der Waals surface area contributed by atoms with Crippen LogP contribution in [0, 0.1) is 0 Å². The van der Waals surface area contributed by atoms with E-state index in [9.17, 15) is 0 Å². The molecule has 0 unspecified atom stereocenters. The number of hydrogen-bond acceptors (Lipinski definition) is 4. The second-order valence-corrected chi connectivity index (χ2v) is 5.52. The molecule has 0 saturated heterocycles. The highest BCUT2D eigenvalue weighted by Gasteiger charge is 2.12. The highest BCUT2D eigenvalue weighted by atomic mass is 16.5. The monoisotopic (exact) mass is 335 g/mol. The Kier molecular flexibility index (Phi) is 5.19. The molecule has 1 aromatic heterocycles. The highest BCUT2D eigenvalue weighted by molar-refractivity contribution is 5.92. The molecule has 128 valence electrons. The van der Waals surface area contributed by atoms with Crippen molar-refractivity contribution >= 4 is 10.9 Å². The van der Waals surface area contributed by atoms with Crippen molar-refractivity contribution in [2.24, 2.45) is 0 Å². The molecule has 0 saturated carbocycles. The zero-order valence-corrected chi connectivity index (χ0v) is 14.5. The fourth-order valence-corrected chi connectivity index (χ4v) is 2.63. The van der Waals surface area contributed by atoms with E-state index >= 15 is 0 Å². The van der Waals surface area contributed by atoms with E-state index in [1.165, 1.54) is 6.26 Å². The quantitative estimate of drug-likeness (QED) is 0.555. The standard InChI is InChI=1S/C21H21NO3/c1-4-13-25-16-11-9-15(10-12-16)18-14-20(24-5-2)17-7-6-8-19(23-3)21(17)22-18/h5-12,14H,2,4,13H2,1,3H3. The van der Waals surface area contributed by atoms with Crippen molar-refractivity contribution in [2.45, 2.75) is 13.3 Å². The lowest BCUT2D eigenvalue weighted by Crippen LogP contribution is -1.95. The van der Waals surface area contributed by atoms with Crippen LogP contribution in [-0.4, -0.2) is 18.7 Å². The lowest BCUT2D eigenvalue weighted by atomic mass is 10.1. The Hall–Kier alpha value is -3.01. The van der Waals surface area contributed by atoms with Crippen LogP contribution in [-0.2, 0) is 0 Å². The molecule has 3 rings (SSSR count). The van der Waals surface area contributed by atoms with Crippen LogP contribution in [0.5, 0.6) is 17.2 Å². The lowest BCUT2D eigenvalue weighted by Gasteiger charge is -2.12. The first-order valence-corrected chi connectivity index (χ1v) is 8.25. The van der Waals surface area contributed by atoms with Crippen LogP contribution in [0.25, 0.3) is 22.2 Å². The molecule has 4 nitrogen and oxygen atoms in total. The van der Waals surface area contributed by atoms with E-state index in [0.29, 0.717) is 18.1 Å². The Morgan fingerprint density at radius 3 is 2.56 bits per heavy atom. The normalized spacial score (nSPS) is 10.5. The van der Waals surface area contributed by atoms with Gasteiger partial charge in [-0.2, -0.15) is 0 Å². The van der Waals surface area contributed by atoms with Crippen LogP contribution in [0.4, 0.5) is 0 Å². The summed E-state index contributed by atoms with van der Waals surface area (Å²) in [6, 6.07) is 15.6. The topological polar surface area (TPSA) is 40.6 Å². The van der Waals surface area contributed by atoms with Gasteiger partial charge in [0.15, 0.2) is 0 Å². The Balaban J connectivity index is 2.07. The van der Waals surface area contributed by atoms with Gasteiger partial charge < -0.3 is 14.2 Å². The molecule has 2 aromatic carbocycles. The maximum Gasteiger partial charge on any atom is 0.145 e. The molecular weight excluding hydrogens is 314 g/mol. The maximum atomic E-state index is 5.64. The van der Waals surface area contributed by atoms with E-state index < -0.39 is 0 Å². The predicted molar refractivity (Wildman–Crippen MR) is 100 cm³/mol. The Labute approximate surface area is 147 Å². The first-order valence-electron chi connectivity index (χ1n) is 8.25. The number of fused-ring (bicyclic) bond motifs is 1. The Morgan fingerprint density at radius 2 is 1.88 bits per heavy atom. The van der Waals surface area contributed by atoms with Gasteiger partial charge in [-0.3, -0.25) is 0 Å². The number of hydrogen-bond donors (Lipinski definition) is 0. The number of pyridine rings is 1.